The van der Waals surface area contributed by atoms with E-state index >= 15 is 0 Å². The molecule has 0 unspecified atom stereocenters. The fourth-order valence-corrected chi connectivity index (χ4v) is 2.47. The second-order valence-corrected chi connectivity index (χ2v) is 6.62. The number of carboxylic acids is 2. The number of hydrogen-bond donors (Lipinski definition) is 3. The summed E-state index contributed by atoms with van der Waals surface area (Å²) in [5.74, 6) is -2.68. The standard InChI is InChI=1S/C10H7Cl2NO3.C8H7BrO2/c11-6-2-1-3-7(10(6)12)13-8(14)4-5-9(15)16;1-5-6(8(10)11)3-2-4-7(5)9/h1-5H,(H,13,14)(H,15,16);2-4H,1H3,(H,10,11)/b5-4-;. The fourth-order valence-electron chi connectivity index (χ4n) is 1.76. The molecule has 27 heavy (non-hydrogen) atoms. The smallest absolute Gasteiger partial charge is 0.335 e. The third kappa shape index (κ3) is 7.42. The van der Waals surface area contributed by atoms with Gasteiger partial charge in [-0.05, 0) is 36.8 Å². The molecule has 0 spiro atoms. The van der Waals surface area contributed by atoms with Gasteiger partial charge < -0.3 is 15.5 Å². The molecule has 0 aliphatic carbocycles. The van der Waals surface area contributed by atoms with Crippen molar-refractivity contribution in [2.75, 3.05) is 5.32 Å². The van der Waals surface area contributed by atoms with Crippen LogP contribution in [-0.4, -0.2) is 28.1 Å². The molecule has 142 valence electrons. The minimum atomic E-state index is -1.20. The molecule has 0 aliphatic heterocycles. The van der Waals surface area contributed by atoms with Crippen molar-refractivity contribution in [3.8, 4) is 0 Å². The number of carbonyl (C=O) groups is 3. The van der Waals surface area contributed by atoms with E-state index in [2.05, 4.69) is 21.2 Å². The Bertz CT molecular complexity index is 899. The molecule has 0 bridgehead atoms. The normalized spacial score (nSPS) is 10.1. The predicted molar refractivity (Wildman–Crippen MR) is 108 cm³/mol. The number of carboxylic acid groups (broad SMARTS) is 2. The lowest BCUT2D eigenvalue weighted by Gasteiger charge is -2.05. The lowest BCUT2D eigenvalue weighted by Crippen LogP contribution is -2.09. The summed E-state index contributed by atoms with van der Waals surface area (Å²) in [6.07, 6.45) is 1.62. The van der Waals surface area contributed by atoms with Gasteiger partial charge in [0.2, 0.25) is 5.91 Å². The first kappa shape index (κ1) is 22.7. The Kier molecular flexibility index (Phi) is 9.00. The van der Waals surface area contributed by atoms with Crippen molar-refractivity contribution < 1.29 is 24.6 Å². The van der Waals surface area contributed by atoms with Crippen LogP contribution in [-0.2, 0) is 9.59 Å². The monoisotopic (exact) mass is 473 g/mol. The topological polar surface area (TPSA) is 104 Å². The van der Waals surface area contributed by atoms with E-state index in [1.807, 2.05) is 6.07 Å². The number of benzene rings is 2. The molecule has 0 saturated heterocycles. The van der Waals surface area contributed by atoms with Crippen LogP contribution in [0, 0.1) is 6.92 Å². The summed E-state index contributed by atoms with van der Waals surface area (Å²) in [5, 5.41) is 19.9. The molecule has 0 aromatic heterocycles. The molecule has 2 aromatic carbocycles. The summed E-state index contributed by atoms with van der Waals surface area (Å²) < 4.78 is 0.831. The summed E-state index contributed by atoms with van der Waals surface area (Å²) >= 11 is 14.8. The van der Waals surface area contributed by atoms with E-state index in [0.29, 0.717) is 16.3 Å². The summed E-state index contributed by atoms with van der Waals surface area (Å²) in [4.78, 5) is 31.9. The second-order valence-electron chi connectivity index (χ2n) is 4.98. The summed E-state index contributed by atoms with van der Waals surface area (Å²) in [5.41, 5.74) is 1.44. The van der Waals surface area contributed by atoms with Gasteiger partial charge in [0.05, 0.1) is 21.3 Å². The van der Waals surface area contributed by atoms with Gasteiger partial charge in [-0.1, -0.05) is 51.3 Å². The highest BCUT2D eigenvalue weighted by Crippen LogP contribution is 2.29. The van der Waals surface area contributed by atoms with Crippen LogP contribution < -0.4 is 5.32 Å². The van der Waals surface area contributed by atoms with Crippen LogP contribution in [0.4, 0.5) is 5.69 Å². The van der Waals surface area contributed by atoms with E-state index in [-0.39, 0.29) is 5.02 Å². The van der Waals surface area contributed by atoms with Crippen LogP contribution in [0.5, 0.6) is 0 Å². The van der Waals surface area contributed by atoms with E-state index in [9.17, 15) is 14.4 Å². The zero-order valence-electron chi connectivity index (χ0n) is 13.9. The van der Waals surface area contributed by atoms with Crippen molar-refractivity contribution >= 4 is 62.7 Å². The third-order valence-electron chi connectivity index (χ3n) is 3.08. The lowest BCUT2D eigenvalue weighted by atomic mass is 10.1. The van der Waals surface area contributed by atoms with Gasteiger partial charge in [0, 0.05) is 16.6 Å². The Balaban J connectivity index is 0.000000289. The molecule has 0 radical (unpaired) electrons. The maximum Gasteiger partial charge on any atom is 0.335 e. The summed E-state index contributed by atoms with van der Waals surface area (Å²) in [6.45, 7) is 1.77. The van der Waals surface area contributed by atoms with Gasteiger partial charge in [-0.2, -0.15) is 0 Å². The van der Waals surface area contributed by atoms with Crippen molar-refractivity contribution in [1.29, 1.82) is 0 Å². The number of amides is 1. The first-order chi connectivity index (χ1) is 12.6. The largest absolute Gasteiger partial charge is 0.478 e. The summed E-state index contributed by atoms with van der Waals surface area (Å²) in [7, 11) is 0. The van der Waals surface area contributed by atoms with E-state index in [0.717, 1.165) is 22.2 Å². The number of aromatic carboxylic acids is 1. The molecular formula is C18H14BrCl2NO5. The van der Waals surface area contributed by atoms with Gasteiger partial charge >= 0.3 is 11.9 Å². The van der Waals surface area contributed by atoms with Gasteiger partial charge in [-0.3, -0.25) is 4.79 Å². The molecular weight excluding hydrogens is 461 g/mol. The second kappa shape index (κ2) is 10.7. The number of aliphatic carboxylic acids is 1. The molecule has 2 aromatic rings. The molecule has 0 heterocycles. The average Bonchev–Trinajstić information content (AvgIpc) is 2.60. The van der Waals surface area contributed by atoms with Crippen molar-refractivity contribution in [3.63, 3.8) is 0 Å². The molecule has 1 amide bonds. The van der Waals surface area contributed by atoms with Crippen molar-refractivity contribution in [2.24, 2.45) is 0 Å². The van der Waals surface area contributed by atoms with Gasteiger partial charge in [0.25, 0.3) is 0 Å². The average molecular weight is 475 g/mol. The fraction of sp³-hybridized carbons (Fsp3) is 0.0556. The number of rotatable bonds is 4. The Morgan fingerprint density at radius 3 is 2.22 bits per heavy atom. The van der Waals surface area contributed by atoms with Crippen molar-refractivity contribution in [3.05, 3.63) is 74.2 Å². The Hall–Kier alpha value is -2.35. The van der Waals surface area contributed by atoms with E-state index in [1.165, 1.54) is 0 Å². The minimum Gasteiger partial charge on any atom is -0.478 e. The first-order valence-electron chi connectivity index (χ1n) is 7.28. The molecule has 6 nitrogen and oxygen atoms in total. The molecule has 0 aliphatic rings. The number of carbonyl (C=O) groups excluding carboxylic acids is 1. The zero-order chi connectivity index (χ0) is 20.6. The van der Waals surface area contributed by atoms with E-state index < -0.39 is 17.8 Å². The van der Waals surface area contributed by atoms with E-state index in [4.69, 9.17) is 33.4 Å². The molecule has 0 fully saturated rings. The van der Waals surface area contributed by atoms with Gasteiger partial charge in [0.1, 0.15) is 0 Å². The maximum absolute atomic E-state index is 11.2. The summed E-state index contributed by atoms with van der Waals surface area (Å²) in [6, 6.07) is 9.86. The van der Waals surface area contributed by atoms with Crippen LogP contribution in [0.15, 0.2) is 53.0 Å². The maximum atomic E-state index is 11.2. The number of hydrogen-bond acceptors (Lipinski definition) is 3. The molecule has 9 heteroatoms. The highest BCUT2D eigenvalue weighted by Gasteiger charge is 2.07. The lowest BCUT2D eigenvalue weighted by molar-refractivity contribution is -0.131. The Morgan fingerprint density at radius 2 is 1.67 bits per heavy atom. The minimum absolute atomic E-state index is 0.209. The highest BCUT2D eigenvalue weighted by atomic mass is 79.9. The number of halogens is 3. The Morgan fingerprint density at radius 1 is 1.04 bits per heavy atom. The molecule has 3 N–H and O–H groups in total. The third-order valence-corrected chi connectivity index (χ3v) is 4.76. The molecule has 0 atom stereocenters. The molecule has 0 saturated carbocycles. The van der Waals surface area contributed by atoms with Gasteiger partial charge in [-0.25, -0.2) is 9.59 Å². The van der Waals surface area contributed by atoms with Gasteiger partial charge in [-0.15, -0.1) is 0 Å². The Labute approximate surface area is 173 Å². The van der Waals surface area contributed by atoms with Crippen LogP contribution >= 0.6 is 39.1 Å². The number of anilines is 1. The van der Waals surface area contributed by atoms with Crippen LogP contribution in [0.3, 0.4) is 0 Å². The van der Waals surface area contributed by atoms with E-state index in [1.54, 1.807) is 37.3 Å². The van der Waals surface area contributed by atoms with Crippen LogP contribution in [0.2, 0.25) is 10.0 Å². The number of nitrogens with one attached hydrogen (secondary N) is 1. The van der Waals surface area contributed by atoms with Crippen molar-refractivity contribution in [1.82, 2.24) is 0 Å². The highest BCUT2D eigenvalue weighted by molar-refractivity contribution is 9.10. The predicted octanol–water partition coefficient (Wildman–Crippen LogP) is 5.03. The molecule has 2 rings (SSSR count). The van der Waals surface area contributed by atoms with Crippen LogP contribution in [0.1, 0.15) is 15.9 Å². The first-order valence-corrected chi connectivity index (χ1v) is 8.82. The quantitative estimate of drug-likeness (QED) is 0.539. The SMILES string of the molecule is Cc1c(Br)cccc1C(=O)O.O=C(O)/C=C\C(=O)Nc1cccc(Cl)c1Cl. The van der Waals surface area contributed by atoms with Gasteiger partial charge in [0.15, 0.2) is 0 Å². The zero-order valence-corrected chi connectivity index (χ0v) is 17.0. The van der Waals surface area contributed by atoms with Crippen molar-refractivity contribution in [2.45, 2.75) is 6.92 Å². The van der Waals surface area contributed by atoms with Crippen LogP contribution in [0.25, 0.3) is 0 Å².